The van der Waals surface area contributed by atoms with Crippen LogP contribution >= 0.6 is 0 Å². The van der Waals surface area contributed by atoms with E-state index in [0.29, 0.717) is 6.42 Å². The summed E-state index contributed by atoms with van der Waals surface area (Å²) in [5.74, 6) is 0. The number of hydrogen-bond acceptors (Lipinski definition) is 6. The molecule has 1 unspecified atom stereocenters. The fourth-order valence-corrected chi connectivity index (χ4v) is 3.78. The third-order valence-electron chi connectivity index (χ3n) is 5.17. The Bertz CT molecular complexity index is 1020. The number of nitriles is 1. The van der Waals surface area contributed by atoms with Crippen LogP contribution in [0.1, 0.15) is 41.6 Å². The van der Waals surface area contributed by atoms with Gasteiger partial charge in [0.25, 0.3) is 0 Å². The lowest BCUT2D eigenvalue weighted by atomic mass is 9.92. The molecule has 1 heterocycles. The van der Waals surface area contributed by atoms with Crippen LogP contribution in [0.15, 0.2) is 54.4 Å². The van der Waals surface area contributed by atoms with Gasteiger partial charge in [-0.3, -0.25) is 0 Å². The van der Waals surface area contributed by atoms with Gasteiger partial charge in [-0.2, -0.15) is 5.26 Å². The molecule has 1 atom stereocenters. The summed E-state index contributed by atoms with van der Waals surface area (Å²) in [7, 11) is 1.83. The molecule has 6 heteroatoms. The van der Waals surface area contributed by atoms with Crippen molar-refractivity contribution in [3.05, 3.63) is 76.6 Å². The average Bonchev–Trinajstić information content (AvgIpc) is 2.92. The predicted molar refractivity (Wildman–Crippen MR) is 124 cm³/mol. The molecule has 154 valence electrons. The minimum absolute atomic E-state index is 0.0585. The van der Waals surface area contributed by atoms with E-state index in [9.17, 15) is 0 Å². The zero-order chi connectivity index (χ0) is 21.5. The lowest BCUT2D eigenvalue weighted by molar-refractivity contribution is 0.682. The van der Waals surface area contributed by atoms with E-state index in [2.05, 4.69) is 34.2 Å². The highest BCUT2D eigenvalue weighted by Crippen LogP contribution is 2.34. The fraction of sp³-hybridized carbons (Fsp3) is 0.250. The van der Waals surface area contributed by atoms with Crippen molar-refractivity contribution in [2.75, 3.05) is 18.9 Å². The van der Waals surface area contributed by atoms with Crippen LogP contribution in [-0.4, -0.2) is 19.8 Å². The zero-order valence-electron chi connectivity index (χ0n) is 17.4. The van der Waals surface area contributed by atoms with Crippen LogP contribution in [0, 0.1) is 16.7 Å². The molecule has 0 bridgehead atoms. The first-order valence-corrected chi connectivity index (χ1v) is 10.0. The number of hydrogen-bond donors (Lipinski definition) is 5. The minimum atomic E-state index is 0.0585. The van der Waals surface area contributed by atoms with Crippen LogP contribution in [0.25, 0.3) is 11.3 Å². The molecule has 0 saturated carbocycles. The van der Waals surface area contributed by atoms with Gasteiger partial charge in [0.1, 0.15) is 0 Å². The molecule has 0 fully saturated rings. The van der Waals surface area contributed by atoms with Gasteiger partial charge in [0.15, 0.2) is 0 Å². The van der Waals surface area contributed by atoms with Crippen LogP contribution < -0.4 is 21.7 Å². The number of nitrogens with zero attached hydrogens (tertiary/aromatic N) is 1. The standard InChI is InChI=1S/C24H28N6/c1-16(27)24-21-7-6-18(19(14-26)15-28-2)13-22(21)23(9-11-29-24)30-20-5-3-4-17(12-20)8-10-25/h3-7,12-15,23,26,28-30H,8-9,11,27H2,1-2H3/b19-15+,24-16-,26-14?. The van der Waals surface area contributed by atoms with Crippen molar-refractivity contribution >= 4 is 23.2 Å². The summed E-state index contributed by atoms with van der Waals surface area (Å²) in [4.78, 5) is 0. The van der Waals surface area contributed by atoms with E-state index in [4.69, 9.17) is 16.4 Å². The van der Waals surface area contributed by atoms with Gasteiger partial charge in [-0.25, -0.2) is 0 Å². The largest absolute Gasteiger partial charge is 0.401 e. The maximum absolute atomic E-state index is 9.01. The number of nitrogens with two attached hydrogens (primary N) is 1. The molecule has 0 aliphatic carbocycles. The highest BCUT2D eigenvalue weighted by Gasteiger charge is 2.23. The van der Waals surface area contributed by atoms with Gasteiger partial charge in [-0.05, 0) is 48.2 Å². The number of allylic oxidation sites excluding steroid dienone is 2. The number of rotatable bonds is 6. The second kappa shape index (κ2) is 9.66. The van der Waals surface area contributed by atoms with Crippen LogP contribution in [0.5, 0.6) is 0 Å². The topological polar surface area (TPSA) is 110 Å². The van der Waals surface area contributed by atoms with Gasteiger partial charge in [-0.15, -0.1) is 0 Å². The highest BCUT2D eigenvalue weighted by molar-refractivity contribution is 6.08. The predicted octanol–water partition coefficient (Wildman–Crippen LogP) is 3.76. The van der Waals surface area contributed by atoms with E-state index in [0.717, 1.165) is 57.9 Å². The third-order valence-corrected chi connectivity index (χ3v) is 5.17. The molecule has 2 aromatic rings. The molecule has 0 spiro atoms. The summed E-state index contributed by atoms with van der Waals surface area (Å²) in [6.45, 7) is 2.69. The smallest absolute Gasteiger partial charge is 0.0669 e. The quantitative estimate of drug-likeness (QED) is 0.474. The van der Waals surface area contributed by atoms with E-state index in [1.54, 1.807) is 0 Å². The summed E-state index contributed by atoms with van der Waals surface area (Å²) in [5.41, 5.74) is 13.8. The average molecular weight is 401 g/mol. The first-order chi connectivity index (χ1) is 14.6. The molecular weight excluding hydrogens is 372 g/mol. The Morgan fingerprint density at radius 2 is 2.17 bits per heavy atom. The Morgan fingerprint density at radius 3 is 2.87 bits per heavy atom. The number of fused-ring (bicyclic) bond motifs is 1. The second-order valence-corrected chi connectivity index (χ2v) is 7.34. The van der Waals surface area contributed by atoms with Gasteiger partial charge < -0.3 is 27.1 Å². The lowest BCUT2D eigenvalue weighted by Crippen LogP contribution is -2.16. The van der Waals surface area contributed by atoms with Gasteiger partial charge in [0.2, 0.25) is 0 Å². The second-order valence-electron chi connectivity index (χ2n) is 7.34. The maximum Gasteiger partial charge on any atom is 0.0669 e. The normalized spacial score (nSPS) is 17.6. The SMILES string of the molecule is CN/C=C(\C=N)c1ccc2c(c1)C(Nc1cccc(CC#N)c1)CCN/C2=C(/C)N. The number of nitrogens with one attached hydrogen (secondary N) is 4. The monoisotopic (exact) mass is 400 g/mol. The van der Waals surface area contributed by atoms with Gasteiger partial charge >= 0.3 is 0 Å². The molecular formula is C24H28N6. The van der Waals surface area contributed by atoms with Gasteiger partial charge in [0, 0.05) is 48.5 Å². The van der Waals surface area contributed by atoms with Crippen LogP contribution in [0.3, 0.4) is 0 Å². The molecule has 1 aliphatic rings. The lowest BCUT2D eigenvalue weighted by Gasteiger charge is -2.22. The van der Waals surface area contributed by atoms with Gasteiger partial charge in [-0.1, -0.05) is 24.3 Å². The van der Waals surface area contributed by atoms with E-state index < -0.39 is 0 Å². The maximum atomic E-state index is 9.01. The van der Waals surface area contributed by atoms with Crippen LogP contribution in [0.2, 0.25) is 0 Å². The summed E-state index contributed by atoms with van der Waals surface area (Å²) < 4.78 is 0. The van der Waals surface area contributed by atoms with Crippen LogP contribution in [0.4, 0.5) is 5.69 Å². The number of benzene rings is 2. The Morgan fingerprint density at radius 1 is 1.33 bits per heavy atom. The minimum Gasteiger partial charge on any atom is -0.401 e. The molecule has 6 N–H and O–H groups in total. The molecule has 0 saturated heterocycles. The molecule has 6 nitrogen and oxygen atoms in total. The van der Waals surface area contributed by atoms with E-state index in [1.165, 1.54) is 6.21 Å². The molecule has 1 aliphatic heterocycles. The number of anilines is 1. The summed E-state index contributed by atoms with van der Waals surface area (Å²) >= 11 is 0. The van der Waals surface area contributed by atoms with Gasteiger partial charge in [0.05, 0.1) is 24.2 Å². The van der Waals surface area contributed by atoms with Crippen molar-refractivity contribution in [2.45, 2.75) is 25.8 Å². The van der Waals surface area contributed by atoms with Crippen molar-refractivity contribution in [2.24, 2.45) is 5.73 Å². The molecule has 3 rings (SSSR count). The molecule has 0 aromatic heterocycles. The Hall–Kier alpha value is -3.72. The fourth-order valence-electron chi connectivity index (χ4n) is 3.78. The van der Waals surface area contributed by atoms with Crippen molar-refractivity contribution in [3.8, 4) is 6.07 Å². The Balaban J connectivity index is 2.07. The van der Waals surface area contributed by atoms with Crippen molar-refractivity contribution < 1.29 is 0 Å². The van der Waals surface area contributed by atoms with E-state index in [1.807, 2.05) is 50.5 Å². The summed E-state index contributed by atoms with van der Waals surface area (Å²) in [6.07, 6.45) is 4.43. The van der Waals surface area contributed by atoms with Crippen molar-refractivity contribution in [1.29, 1.82) is 10.7 Å². The third kappa shape index (κ3) is 4.64. The summed E-state index contributed by atoms with van der Waals surface area (Å²) in [5, 5.41) is 26.9. The van der Waals surface area contributed by atoms with Crippen molar-refractivity contribution in [1.82, 2.24) is 10.6 Å². The van der Waals surface area contributed by atoms with Crippen LogP contribution in [-0.2, 0) is 6.42 Å². The molecule has 2 aromatic carbocycles. The van der Waals surface area contributed by atoms with Crippen molar-refractivity contribution in [3.63, 3.8) is 0 Å². The molecule has 0 amide bonds. The van der Waals surface area contributed by atoms with E-state index in [-0.39, 0.29) is 6.04 Å². The Kier molecular flexibility index (Phi) is 6.76. The highest BCUT2D eigenvalue weighted by atomic mass is 15.0. The zero-order valence-corrected chi connectivity index (χ0v) is 17.4. The summed E-state index contributed by atoms with van der Waals surface area (Å²) in [6, 6.07) is 16.5. The first-order valence-electron chi connectivity index (χ1n) is 10.0. The molecule has 30 heavy (non-hydrogen) atoms. The first kappa shape index (κ1) is 21.0. The molecule has 0 radical (unpaired) electrons. The Labute approximate surface area is 178 Å². The van der Waals surface area contributed by atoms with E-state index >= 15 is 0 Å².